The number of benzene rings is 2. The largest absolute Gasteiger partial charge is 0.478 e. The van der Waals surface area contributed by atoms with Gasteiger partial charge in [0.25, 0.3) is 0 Å². The Balaban J connectivity index is 0.000000243. The Morgan fingerprint density at radius 2 is 1.21 bits per heavy atom. The second kappa shape index (κ2) is 9.67. The van der Waals surface area contributed by atoms with Gasteiger partial charge in [0.15, 0.2) is 0 Å². The highest BCUT2D eigenvalue weighted by Crippen LogP contribution is 2.14. The maximum absolute atomic E-state index is 12.8. The normalized spacial score (nSPS) is 10.7. The molecule has 0 heterocycles. The molecule has 1 N–H and O–H groups in total. The molecule has 7 heteroatoms. The zero-order chi connectivity index (χ0) is 18.1. The summed E-state index contributed by atoms with van der Waals surface area (Å²) in [6.07, 6.45) is 2.89. The number of carbonyl (C=O) groups is 1. The van der Waals surface area contributed by atoms with Gasteiger partial charge in [-0.15, -0.1) is 0 Å². The van der Waals surface area contributed by atoms with Crippen LogP contribution in [0.25, 0.3) is 12.2 Å². The fourth-order valence-corrected chi connectivity index (χ4v) is 1.82. The van der Waals surface area contributed by atoms with E-state index < -0.39 is 29.2 Å². The van der Waals surface area contributed by atoms with Crippen LogP contribution in [-0.2, 0) is 4.79 Å². The maximum atomic E-state index is 12.8. The predicted octanol–water partition coefficient (Wildman–Crippen LogP) is 5.39. The van der Waals surface area contributed by atoms with Crippen molar-refractivity contribution in [3.8, 4) is 0 Å². The third-order valence-corrected chi connectivity index (χ3v) is 2.89. The summed E-state index contributed by atoms with van der Waals surface area (Å²) in [7, 11) is 0. The quantitative estimate of drug-likeness (QED) is 0.551. The van der Waals surface area contributed by atoms with E-state index in [1.807, 2.05) is 0 Å². The van der Waals surface area contributed by atoms with Crippen LogP contribution in [0.3, 0.4) is 0 Å². The van der Waals surface area contributed by atoms with Crippen molar-refractivity contribution in [1.82, 2.24) is 0 Å². The summed E-state index contributed by atoms with van der Waals surface area (Å²) < 4.78 is 51.1. The molecule has 0 unspecified atom stereocenters. The Kier molecular flexibility index (Phi) is 7.91. The number of aliphatic carboxylic acids is 1. The fourth-order valence-electron chi connectivity index (χ4n) is 1.56. The first-order valence-electron chi connectivity index (χ1n) is 6.42. The zero-order valence-electron chi connectivity index (χ0n) is 12.0. The second-order valence-electron chi connectivity index (χ2n) is 4.23. The van der Waals surface area contributed by atoms with E-state index in [0.717, 1.165) is 18.2 Å². The lowest BCUT2D eigenvalue weighted by atomic mass is 10.2. The molecule has 24 heavy (non-hydrogen) atoms. The molecule has 0 atom stereocenters. The number of halogens is 5. The third kappa shape index (κ3) is 6.00. The van der Waals surface area contributed by atoms with Gasteiger partial charge >= 0.3 is 5.97 Å². The van der Waals surface area contributed by atoms with Crippen molar-refractivity contribution in [2.75, 3.05) is 0 Å². The Bertz CT molecular complexity index is 733. The summed E-state index contributed by atoms with van der Waals surface area (Å²) in [5.41, 5.74) is -0.366. The number of hydrogen-bond acceptors (Lipinski definition) is 1. The van der Waals surface area contributed by atoms with E-state index in [4.69, 9.17) is 5.11 Å². The van der Waals surface area contributed by atoms with E-state index >= 15 is 0 Å². The molecule has 0 fully saturated rings. The van der Waals surface area contributed by atoms with E-state index in [1.54, 1.807) is 0 Å². The van der Waals surface area contributed by atoms with Gasteiger partial charge in [0, 0.05) is 17.2 Å². The summed E-state index contributed by atoms with van der Waals surface area (Å²) in [5, 5.41) is 8.22. The minimum absolute atomic E-state index is 0.0237. The molecule has 126 valence electrons. The number of carboxylic acid groups (broad SMARTS) is 1. The van der Waals surface area contributed by atoms with E-state index in [1.165, 1.54) is 35.3 Å². The van der Waals surface area contributed by atoms with Crippen molar-refractivity contribution < 1.29 is 27.5 Å². The average Bonchev–Trinajstić information content (AvgIpc) is 2.51. The minimum Gasteiger partial charge on any atom is -0.478 e. The molecule has 2 rings (SSSR count). The van der Waals surface area contributed by atoms with Crippen LogP contribution in [0, 0.1) is 23.3 Å². The predicted molar refractivity (Wildman–Crippen MR) is 87.3 cm³/mol. The molecule has 0 amide bonds. The van der Waals surface area contributed by atoms with E-state index in [0.29, 0.717) is 6.08 Å². The topological polar surface area (TPSA) is 37.3 Å². The van der Waals surface area contributed by atoms with Crippen LogP contribution in [0.2, 0.25) is 0 Å². The molecule has 0 radical (unpaired) electrons. The lowest BCUT2D eigenvalue weighted by Gasteiger charge is -1.96. The van der Waals surface area contributed by atoms with Gasteiger partial charge in [-0.05, 0) is 41.4 Å². The lowest BCUT2D eigenvalue weighted by molar-refractivity contribution is -0.131. The standard InChI is InChI=1S/C9H6F2O2.C8H5BrF2/c10-7-2-1-3-8(11)6(7)4-5-9(12)13;9-5-4-6-7(10)2-1-3-8(6)11/h1-5H,(H,12,13);1-5H/b5-4+;5-4-. The molecule has 2 aromatic carbocycles. The van der Waals surface area contributed by atoms with Gasteiger partial charge in [-0.1, -0.05) is 28.1 Å². The number of hydrogen-bond donors (Lipinski definition) is 1. The molecule has 2 aromatic rings. The van der Waals surface area contributed by atoms with Crippen molar-refractivity contribution >= 4 is 34.1 Å². The molecule has 0 saturated heterocycles. The molecule has 0 spiro atoms. The molecule has 2 nitrogen and oxygen atoms in total. The second-order valence-corrected chi connectivity index (χ2v) is 4.76. The average molecular weight is 403 g/mol. The molecular formula is C17H11BrF4O2. The van der Waals surface area contributed by atoms with Crippen LogP contribution in [0.4, 0.5) is 17.6 Å². The Labute approximate surface area is 143 Å². The van der Waals surface area contributed by atoms with Crippen molar-refractivity contribution in [2.24, 2.45) is 0 Å². The highest BCUT2D eigenvalue weighted by atomic mass is 79.9. The Morgan fingerprint density at radius 1 is 0.833 bits per heavy atom. The first-order chi connectivity index (χ1) is 11.4. The fraction of sp³-hybridized carbons (Fsp3) is 0. The smallest absolute Gasteiger partial charge is 0.328 e. The maximum Gasteiger partial charge on any atom is 0.328 e. The van der Waals surface area contributed by atoms with Crippen LogP contribution in [-0.4, -0.2) is 11.1 Å². The first-order valence-corrected chi connectivity index (χ1v) is 7.34. The van der Waals surface area contributed by atoms with E-state index in [2.05, 4.69) is 15.9 Å². The van der Waals surface area contributed by atoms with Crippen LogP contribution in [0.15, 0.2) is 47.5 Å². The van der Waals surface area contributed by atoms with Crippen LogP contribution in [0.1, 0.15) is 11.1 Å². The SMILES string of the molecule is Fc1cccc(F)c1/C=C\Br.O=C(O)/C=C/c1c(F)cccc1F. The summed E-state index contributed by atoms with van der Waals surface area (Å²) in [5.74, 6) is -3.92. The van der Waals surface area contributed by atoms with Crippen LogP contribution >= 0.6 is 15.9 Å². The van der Waals surface area contributed by atoms with Gasteiger partial charge < -0.3 is 5.11 Å². The van der Waals surface area contributed by atoms with Gasteiger partial charge in [-0.3, -0.25) is 0 Å². The zero-order valence-corrected chi connectivity index (χ0v) is 13.6. The van der Waals surface area contributed by atoms with Gasteiger partial charge in [0.05, 0.1) is 0 Å². The summed E-state index contributed by atoms with van der Waals surface area (Å²) in [6, 6.07) is 7.09. The molecule has 0 aliphatic carbocycles. The number of carboxylic acids is 1. The molecule has 0 aliphatic rings. The molecule has 0 bridgehead atoms. The van der Waals surface area contributed by atoms with Crippen LogP contribution in [0.5, 0.6) is 0 Å². The summed E-state index contributed by atoms with van der Waals surface area (Å²) in [4.78, 5) is 11.5. The van der Waals surface area contributed by atoms with E-state index in [9.17, 15) is 22.4 Å². The molecule has 0 aliphatic heterocycles. The molecular weight excluding hydrogens is 392 g/mol. The highest BCUT2D eigenvalue weighted by Gasteiger charge is 2.04. The molecule has 0 saturated carbocycles. The minimum atomic E-state index is -1.25. The monoisotopic (exact) mass is 402 g/mol. The Morgan fingerprint density at radius 3 is 1.54 bits per heavy atom. The van der Waals surface area contributed by atoms with Crippen LogP contribution < -0.4 is 0 Å². The van der Waals surface area contributed by atoms with Gasteiger partial charge in [0.2, 0.25) is 0 Å². The highest BCUT2D eigenvalue weighted by molar-refractivity contribution is 9.11. The summed E-state index contributed by atoms with van der Waals surface area (Å²) >= 11 is 2.94. The van der Waals surface area contributed by atoms with Crippen molar-refractivity contribution in [3.63, 3.8) is 0 Å². The van der Waals surface area contributed by atoms with Crippen molar-refractivity contribution in [1.29, 1.82) is 0 Å². The van der Waals surface area contributed by atoms with Gasteiger partial charge in [0.1, 0.15) is 23.3 Å². The van der Waals surface area contributed by atoms with Gasteiger partial charge in [-0.2, -0.15) is 0 Å². The van der Waals surface area contributed by atoms with Crippen molar-refractivity contribution in [3.05, 3.63) is 81.9 Å². The van der Waals surface area contributed by atoms with E-state index in [-0.39, 0.29) is 11.1 Å². The number of rotatable bonds is 3. The van der Waals surface area contributed by atoms with Gasteiger partial charge in [-0.25, -0.2) is 22.4 Å². The Hall–Kier alpha value is -2.41. The third-order valence-electron chi connectivity index (χ3n) is 2.62. The lowest BCUT2D eigenvalue weighted by Crippen LogP contribution is -1.90. The van der Waals surface area contributed by atoms with Crippen molar-refractivity contribution in [2.45, 2.75) is 0 Å². The first kappa shape index (κ1) is 19.6. The summed E-state index contributed by atoms with van der Waals surface area (Å²) in [6.45, 7) is 0. The molecule has 0 aromatic heterocycles.